The summed E-state index contributed by atoms with van der Waals surface area (Å²) in [6, 6.07) is 6.84. The lowest BCUT2D eigenvalue weighted by Gasteiger charge is -2.24. The van der Waals surface area contributed by atoms with E-state index in [4.69, 9.17) is 9.47 Å². The van der Waals surface area contributed by atoms with Gasteiger partial charge in [-0.3, -0.25) is 0 Å². The molecule has 3 atom stereocenters. The fourth-order valence-electron chi connectivity index (χ4n) is 2.33. The summed E-state index contributed by atoms with van der Waals surface area (Å²) in [5.41, 5.74) is 0.650. The number of methoxy groups -OCH3 is 1. The maximum Gasteiger partial charge on any atom is 0.336 e. The summed E-state index contributed by atoms with van der Waals surface area (Å²) in [5, 5.41) is 9.94. The van der Waals surface area contributed by atoms with E-state index in [0.717, 1.165) is 17.2 Å². The Morgan fingerprint density at radius 2 is 2.15 bits per heavy atom. The maximum absolute atomic E-state index is 11.8. The number of benzene rings is 1. The third-order valence-corrected chi connectivity index (χ3v) is 4.34. The lowest BCUT2D eigenvalue weighted by atomic mass is 10.1. The van der Waals surface area contributed by atoms with Crippen LogP contribution in [0.25, 0.3) is 0 Å². The molecule has 2 aliphatic heterocycles. The molecule has 1 fully saturated rings. The smallest absolute Gasteiger partial charge is 0.336 e. The quantitative estimate of drug-likeness (QED) is 0.797. The van der Waals surface area contributed by atoms with Crippen LogP contribution < -0.4 is 9.75 Å². The van der Waals surface area contributed by atoms with E-state index in [2.05, 4.69) is 10.3 Å². The topological polar surface area (TPSA) is 63.5 Å². The zero-order valence-corrected chi connectivity index (χ0v) is 12.0. The summed E-state index contributed by atoms with van der Waals surface area (Å²) in [6.07, 6.45) is 0. The van der Waals surface area contributed by atoms with E-state index in [1.165, 1.54) is 0 Å². The number of fused-ring (bicyclic) bond motifs is 1. The number of rotatable bonds is 4. The van der Waals surface area contributed by atoms with Gasteiger partial charge in [-0.2, -0.15) is 5.11 Å². The summed E-state index contributed by atoms with van der Waals surface area (Å²) in [4.78, 5) is 11.8. The lowest BCUT2D eigenvalue weighted by Crippen LogP contribution is -2.38. The van der Waals surface area contributed by atoms with Crippen molar-refractivity contribution in [2.24, 2.45) is 10.3 Å². The summed E-state index contributed by atoms with van der Waals surface area (Å²) in [6.45, 7) is 2.03. The van der Waals surface area contributed by atoms with E-state index in [9.17, 15) is 4.79 Å². The first-order chi connectivity index (χ1) is 9.74. The van der Waals surface area contributed by atoms with Crippen LogP contribution in [-0.4, -0.2) is 36.4 Å². The van der Waals surface area contributed by atoms with E-state index >= 15 is 0 Å². The van der Waals surface area contributed by atoms with Crippen molar-refractivity contribution in [2.45, 2.75) is 24.4 Å². The molecular weight excluding hydrogens is 278 g/mol. The third kappa shape index (κ3) is 2.11. The zero-order chi connectivity index (χ0) is 14.1. The number of hydrogen-bond acceptors (Lipinski definition) is 7. The van der Waals surface area contributed by atoms with Crippen molar-refractivity contribution in [3.05, 3.63) is 24.3 Å². The van der Waals surface area contributed by atoms with Crippen molar-refractivity contribution < 1.29 is 14.3 Å². The molecule has 2 heterocycles. The zero-order valence-electron chi connectivity index (χ0n) is 11.2. The second-order valence-corrected chi connectivity index (χ2v) is 5.82. The van der Waals surface area contributed by atoms with Crippen LogP contribution in [0, 0.1) is 0 Å². The summed E-state index contributed by atoms with van der Waals surface area (Å²) < 4.78 is 10.5. The number of nitrogens with zero attached hydrogens (tertiary/aromatic N) is 3. The Balaban J connectivity index is 1.86. The average molecular weight is 293 g/mol. The first-order valence-electron chi connectivity index (χ1n) is 6.40. The average Bonchev–Trinajstić information content (AvgIpc) is 3.02. The standard InChI is InChI=1S/C13H15N3O3S/c1-3-20-13-11-10(12(17)19-13)14-15-16(11)8-4-6-9(18-2)7-5-8/h4-7,10-11,13H,3H2,1-2H3/t10-,11+,13-/m0/s1. The summed E-state index contributed by atoms with van der Waals surface area (Å²) in [5.74, 6) is 1.36. The van der Waals surface area contributed by atoms with Crippen molar-refractivity contribution in [1.29, 1.82) is 0 Å². The minimum atomic E-state index is -0.513. The predicted molar refractivity (Wildman–Crippen MR) is 75.9 cm³/mol. The molecule has 7 heteroatoms. The number of carbonyl (C=O) groups is 1. The van der Waals surface area contributed by atoms with Crippen LogP contribution in [0.15, 0.2) is 34.6 Å². The molecule has 0 saturated carbocycles. The van der Waals surface area contributed by atoms with Crippen molar-refractivity contribution in [3.63, 3.8) is 0 Å². The molecule has 106 valence electrons. The Kier molecular flexibility index (Phi) is 3.52. The molecule has 0 bridgehead atoms. The Morgan fingerprint density at radius 3 is 2.80 bits per heavy atom. The van der Waals surface area contributed by atoms with Gasteiger partial charge < -0.3 is 9.47 Å². The van der Waals surface area contributed by atoms with Gasteiger partial charge in [0.1, 0.15) is 11.8 Å². The van der Waals surface area contributed by atoms with Crippen LogP contribution in [0.3, 0.4) is 0 Å². The number of anilines is 1. The Labute approximate surface area is 121 Å². The number of cyclic esters (lactones) is 1. The lowest BCUT2D eigenvalue weighted by molar-refractivity contribution is -0.140. The molecule has 0 unspecified atom stereocenters. The number of thioether (sulfide) groups is 1. The molecule has 6 nitrogen and oxygen atoms in total. The SMILES string of the molecule is CCS[C@@H]1OC(=O)[C@H]2N=NN(c3ccc(OC)cc3)[C@H]21. The molecule has 2 aliphatic rings. The van der Waals surface area contributed by atoms with Crippen molar-refractivity contribution >= 4 is 23.4 Å². The molecule has 1 aromatic carbocycles. The number of esters is 1. The van der Waals surface area contributed by atoms with Gasteiger partial charge in [0, 0.05) is 0 Å². The largest absolute Gasteiger partial charge is 0.497 e. The molecule has 0 N–H and O–H groups in total. The fourth-order valence-corrected chi connectivity index (χ4v) is 3.29. The molecule has 0 radical (unpaired) electrons. The molecule has 0 spiro atoms. The fraction of sp³-hybridized carbons (Fsp3) is 0.462. The highest BCUT2D eigenvalue weighted by Crippen LogP contribution is 2.38. The first kappa shape index (κ1) is 13.2. The minimum Gasteiger partial charge on any atom is -0.497 e. The molecule has 1 aromatic rings. The first-order valence-corrected chi connectivity index (χ1v) is 7.45. The molecule has 0 amide bonds. The normalized spacial score (nSPS) is 27.6. The Hall–Kier alpha value is -1.76. The molecule has 0 aromatic heterocycles. The van der Waals surface area contributed by atoms with E-state index in [0.29, 0.717) is 0 Å². The highest BCUT2D eigenvalue weighted by Gasteiger charge is 2.52. The van der Waals surface area contributed by atoms with Gasteiger partial charge in [0.15, 0.2) is 11.5 Å². The van der Waals surface area contributed by atoms with Gasteiger partial charge in [-0.1, -0.05) is 12.1 Å². The Morgan fingerprint density at radius 1 is 1.40 bits per heavy atom. The van der Waals surface area contributed by atoms with Gasteiger partial charge in [0.05, 0.1) is 12.8 Å². The van der Waals surface area contributed by atoms with Crippen molar-refractivity contribution in [2.75, 3.05) is 17.9 Å². The van der Waals surface area contributed by atoms with Gasteiger partial charge in [0.25, 0.3) is 0 Å². The predicted octanol–water partition coefficient (Wildman–Crippen LogP) is 2.26. The van der Waals surface area contributed by atoms with Crippen LogP contribution in [0.5, 0.6) is 5.75 Å². The van der Waals surface area contributed by atoms with Gasteiger partial charge in [0.2, 0.25) is 0 Å². The van der Waals surface area contributed by atoms with Gasteiger partial charge in [-0.15, -0.1) is 11.8 Å². The monoisotopic (exact) mass is 293 g/mol. The molecule has 3 rings (SSSR count). The second kappa shape index (κ2) is 5.32. The second-order valence-electron chi connectivity index (χ2n) is 4.44. The molecule has 1 saturated heterocycles. The van der Waals surface area contributed by atoms with Gasteiger partial charge in [-0.25, -0.2) is 9.80 Å². The third-order valence-electron chi connectivity index (χ3n) is 3.30. The van der Waals surface area contributed by atoms with Crippen LogP contribution >= 0.6 is 11.8 Å². The maximum atomic E-state index is 11.8. The number of carbonyl (C=O) groups excluding carboxylic acids is 1. The van der Waals surface area contributed by atoms with Crippen LogP contribution in [-0.2, 0) is 9.53 Å². The van der Waals surface area contributed by atoms with E-state index < -0.39 is 6.04 Å². The van der Waals surface area contributed by atoms with Gasteiger partial charge in [-0.05, 0) is 30.0 Å². The van der Waals surface area contributed by atoms with Crippen LogP contribution in [0.2, 0.25) is 0 Å². The van der Waals surface area contributed by atoms with E-state index in [-0.39, 0.29) is 17.4 Å². The minimum absolute atomic E-state index is 0.166. The van der Waals surface area contributed by atoms with Crippen LogP contribution in [0.1, 0.15) is 6.92 Å². The Bertz CT molecular complexity index is 534. The van der Waals surface area contributed by atoms with E-state index in [1.54, 1.807) is 23.9 Å². The number of hydrogen-bond donors (Lipinski definition) is 0. The molecule has 0 aliphatic carbocycles. The van der Waals surface area contributed by atoms with Crippen molar-refractivity contribution in [1.82, 2.24) is 0 Å². The summed E-state index contributed by atoms with van der Waals surface area (Å²) in [7, 11) is 1.62. The number of ether oxygens (including phenoxy) is 2. The van der Waals surface area contributed by atoms with E-state index in [1.807, 2.05) is 31.2 Å². The van der Waals surface area contributed by atoms with Crippen LogP contribution in [0.4, 0.5) is 5.69 Å². The summed E-state index contributed by atoms with van der Waals surface area (Å²) >= 11 is 1.60. The molecular formula is C13H15N3O3S. The molecule has 20 heavy (non-hydrogen) atoms. The highest BCUT2D eigenvalue weighted by atomic mass is 32.2. The van der Waals surface area contributed by atoms with Gasteiger partial charge >= 0.3 is 5.97 Å². The van der Waals surface area contributed by atoms with Crippen molar-refractivity contribution in [3.8, 4) is 5.75 Å². The highest BCUT2D eigenvalue weighted by molar-refractivity contribution is 7.99.